The maximum Gasteiger partial charge on any atom is 0.0818 e. The van der Waals surface area contributed by atoms with Crippen LogP contribution in [-0.2, 0) is 0 Å². The fourth-order valence-corrected chi connectivity index (χ4v) is 1.17. The van der Waals surface area contributed by atoms with Crippen molar-refractivity contribution in [2.45, 2.75) is 13.0 Å². The Labute approximate surface area is 62.6 Å². The van der Waals surface area contributed by atoms with Crippen LogP contribution in [0.5, 0.6) is 0 Å². The molecule has 1 fully saturated rings. The summed E-state index contributed by atoms with van der Waals surface area (Å²) in [4.78, 5) is 2.30. The Hall–Kier alpha value is -0.520. The number of piperazine rings is 1. The molecule has 0 spiro atoms. The molecule has 1 aliphatic rings. The van der Waals surface area contributed by atoms with Gasteiger partial charge in [-0.2, -0.15) is 0 Å². The Kier molecular flexibility index (Phi) is 2.73. The predicted molar refractivity (Wildman–Crippen MR) is 42.7 cm³/mol. The van der Waals surface area contributed by atoms with E-state index in [4.69, 9.17) is 0 Å². The number of nitrogens with one attached hydrogen (secondary N) is 1. The average molecular weight is 138 g/mol. The van der Waals surface area contributed by atoms with Gasteiger partial charge in [-0.1, -0.05) is 5.92 Å². The van der Waals surface area contributed by atoms with E-state index in [0.717, 1.165) is 19.6 Å². The van der Waals surface area contributed by atoms with Crippen LogP contribution in [-0.4, -0.2) is 37.6 Å². The number of rotatable bonds is 0. The Morgan fingerprint density at radius 2 is 2.40 bits per heavy atom. The summed E-state index contributed by atoms with van der Waals surface area (Å²) >= 11 is 0. The number of nitrogens with zero attached hydrogens (tertiary/aromatic N) is 1. The second-order valence-corrected chi connectivity index (χ2v) is 2.66. The minimum Gasteiger partial charge on any atom is -0.303 e. The van der Waals surface area contributed by atoms with E-state index in [2.05, 4.69) is 29.1 Å². The van der Waals surface area contributed by atoms with Crippen LogP contribution in [0.25, 0.3) is 0 Å². The van der Waals surface area contributed by atoms with Crippen LogP contribution in [0, 0.1) is 11.8 Å². The summed E-state index contributed by atoms with van der Waals surface area (Å²) in [6, 6.07) is 0.392. The molecule has 1 rings (SSSR count). The van der Waals surface area contributed by atoms with E-state index in [1.807, 2.05) is 6.92 Å². The minimum absolute atomic E-state index is 0.392. The molecule has 1 N–H and O–H groups in total. The normalized spacial score (nSPS) is 27.2. The SMILES string of the molecule is CC#C[C@H]1CN(C)CCN1. The molecule has 56 valence electrons. The lowest BCUT2D eigenvalue weighted by atomic mass is 10.2. The molecular weight excluding hydrogens is 124 g/mol. The first-order valence-electron chi connectivity index (χ1n) is 3.67. The zero-order valence-electron chi connectivity index (χ0n) is 6.65. The van der Waals surface area contributed by atoms with Crippen LogP contribution < -0.4 is 5.32 Å². The van der Waals surface area contributed by atoms with Gasteiger partial charge >= 0.3 is 0 Å². The third kappa shape index (κ3) is 2.02. The van der Waals surface area contributed by atoms with E-state index < -0.39 is 0 Å². The molecule has 0 aromatic carbocycles. The Morgan fingerprint density at radius 3 is 3.00 bits per heavy atom. The van der Waals surface area contributed by atoms with E-state index in [9.17, 15) is 0 Å². The molecule has 0 amide bonds. The highest BCUT2D eigenvalue weighted by molar-refractivity contribution is 5.07. The van der Waals surface area contributed by atoms with Gasteiger partial charge < -0.3 is 10.2 Å². The minimum atomic E-state index is 0.392. The van der Waals surface area contributed by atoms with Gasteiger partial charge in [0.15, 0.2) is 0 Å². The van der Waals surface area contributed by atoms with E-state index >= 15 is 0 Å². The fourth-order valence-electron chi connectivity index (χ4n) is 1.17. The molecule has 2 nitrogen and oxygen atoms in total. The highest BCUT2D eigenvalue weighted by Gasteiger charge is 2.12. The van der Waals surface area contributed by atoms with Gasteiger partial charge in [-0.3, -0.25) is 0 Å². The van der Waals surface area contributed by atoms with E-state index in [1.165, 1.54) is 0 Å². The molecule has 0 aliphatic carbocycles. The first kappa shape index (κ1) is 7.59. The molecule has 2 heteroatoms. The summed E-state index contributed by atoms with van der Waals surface area (Å²) in [5.41, 5.74) is 0. The smallest absolute Gasteiger partial charge is 0.0818 e. The molecule has 0 aromatic heterocycles. The van der Waals surface area contributed by atoms with Crippen molar-refractivity contribution in [1.29, 1.82) is 0 Å². The third-order valence-corrected chi connectivity index (χ3v) is 1.70. The summed E-state index contributed by atoms with van der Waals surface area (Å²) < 4.78 is 0. The Balaban J connectivity index is 2.37. The molecular formula is C8H14N2. The largest absolute Gasteiger partial charge is 0.303 e. The van der Waals surface area contributed by atoms with Crippen LogP contribution in [0.4, 0.5) is 0 Å². The van der Waals surface area contributed by atoms with E-state index in [0.29, 0.717) is 6.04 Å². The van der Waals surface area contributed by atoms with Crippen molar-refractivity contribution >= 4 is 0 Å². The van der Waals surface area contributed by atoms with Gasteiger partial charge in [0.25, 0.3) is 0 Å². The zero-order valence-corrected chi connectivity index (χ0v) is 6.65. The highest BCUT2D eigenvalue weighted by Crippen LogP contribution is 1.93. The molecule has 1 saturated heterocycles. The molecule has 10 heavy (non-hydrogen) atoms. The predicted octanol–water partition coefficient (Wildman–Crippen LogP) is -0.0867. The van der Waals surface area contributed by atoms with Gasteiger partial charge in [-0.05, 0) is 14.0 Å². The van der Waals surface area contributed by atoms with Gasteiger partial charge in [0.2, 0.25) is 0 Å². The molecule has 0 bridgehead atoms. The second kappa shape index (κ2) is 3.60. The summed E-state index contributed by atoms with van der Waals surface area (Å²) in [6.45, 7) is 5.15. The lowest BCUT2D eigenvalue weighted by Gasteiger charge is -2.27. The molecule has 0 unspecified atom stereocenters. The van der Waals surface area contributed by atoms with Crippen molar-refractivity contribution < 1.29 is 0 Å². The lowest BCUT2D eigenvalue weighted by molar-refractivity contribution is 0.265. The van der Waals surface area contributed by atoms with E-state index in [1.54, 1.807) is 0 Å². The Morgan fingerprint density at radius 1 is 1.60 bits per heavy atom. The van der Waals surface area contributed by atoms with Gasteiger partial charge in [-0.15, -0.1) is 5.92 Å². The number of likely N-dealkylation sites (N-methyl/N-ethyl adjacent to an activating group) is 1. The van der Waals surface area contributed by atoms with Crippen molar-refractivity contribution in [2.24, 2.45) is 0 Å². The van der Waals surface area contributed by atoms with Crippen LogP contribution in [0.2, 0.25) is 0 Å². The standard InChI is InChI=1S/C8H14N2/c1-3-4-8-7-10(2)6-5-9-8/h8-9H,5-7H2,1-2H3/t8-/m0/s1. The highest BCUT2D eigenvalue weighted by atomic mass is 15.2. The lowest BCUT2D eigenvalue weighted by Crippen LogP contribution is -2.48. The van der Waals surface area contributed by atoms with Gasteiger partial charge in [-0.25, -0.2) is 0 Å². The summed E-state index contributed by atoms with van der Waals surface area (Å²) in [5.74, 6) is 6.03. The zero-order chi connectivity index (χ0) is 7.40. The van der Waals surface area contributed by atoms with Gasteiger partial charge in [0.1, 0.15) is 0 Å². The van der Waals surface area contributed by atoms with Crippen LogP contribution in [0.15, 0.2) is 0 Å². The van der Waals surface area contributed by atoms with Gasteiger partial charge in [0, 0.05) is 19.6 Å². The van der Waals surface area contributed by atoms with Crippen molar-refractivity contribution in [3.8, 4) is 11.8 Å². The number of hydrogen-bond acceptors (Lipinski definition) is 2. The topological polar surface area (TPSA) is 15.3 Å². The monoisotopic (exact) mass is 138 g/mol. The third-order valence-electron chi connectivity index (χ3n) is 1.70. The van der Waals surface area contributed by atoms with Crippen molar-refractivity contribution in [1.82, 2.24) is 10.2 Å². The van der Waals surface area contributed by atoms with Crippen molar-refractivity contribution in [3.63, 3.8) is 0 Å². The van der Waals surface area contributed by atoms with Crippen molar-refractivity contribution in [3.05, 3.63) is 0 Å². The molecule has 1 aliphatic heterocycles. The second-order valence-electron chi connectivity index (χ2n) is 2.66. The van der Waals surface area contributed by atoms with Crippen molar-refractivity contribution in [2.75, 3.05) is 26.7 Å². The van der Waals surface area contributed by atoms with Gasteiger partial charge in [0.05, 0.1) is 6.04 Å². The molecule has 0 radical (unpaired) electrons. The Bertz CT molecular complexity index is 154. The summed E-state index contributed by atoms with van der Waals surface area (Å²) in [7, 11) is 2.13. The maximum atomic E-state index is 3.34. The average Bonchev–Trinajstić information content (AvgIpc) is 1.88. The fraction of sp³-hybridized carbons (Fsp3) is 0.750. The van der Waals surface area contributed by atoms with Crippen LogP contribution in [0.1, 0.15) is 6.92 Å². The molecule has 1 heterocycles. The maximum absolute atomic E-state index is 3.34. The molecule has 0 aromatic rings. The van der Waals surface area contributed by atoms with Crippen LogP contribution >= 0.6 is 0 Å². The summed E-state index contributed by atoms with van der Waals surface area (Å²) in [5, 5.41) is 3.34. The molecule has 0 saturated carbocycles. The van der Waals surface area contributed by atoms with Crippen LogP contribution in [0.3, 0.4) is 0 Å². The quantitative estimate of drug-likeness (QED) is 0.471. The van der Waals surface area contributed by atoms with E-state index in [-0.39, 0.29) is 0 Å². The first-order chi connectivity index (χ1) is 4.83. The first-order valence-corrected chi connectivity index (χ1v) is 3.67. The number of hydrogen-bond donors (Lipinski definition) is 1. The molecule has 1 atom stereocenters. The summed E-state index contributed by atoms with van der Waals surface area (Å²) in [6.07, 6.45) is 0.